The third kappa shape index (κ3) is 3.38. The lowest BCUT2D eigenvalue weighted by Gasteiger charge is -2.30. The van der Waals surface area contributed by atoms with Crippen molar-refractivity contribution in [2.45, 2.75) is 13.3 Å². The van der Waals surface area contributed by atoms with Gasteiger partial charge in [-0.3, -0.25) is 4.79 Å². The van der Waals surface area contributed by atoms with E-state index in [1.165, 1.54) is 0 Å². The van der Waals surface area contributed by atoms with Crippen molar-refractivity contribution in [2.24, 2.45) is 0 Å². The molecule has 0 unspecified atom stereocenters. The maximum Gasteiger partial charge on any atom is 0.253 e. The highest BCUT2D eigenvalue weighted by Gasteiger charge is 2.18. The van der Waals surface area contributed by atoms with Crippen molar-refractivity contribution >= 4 is 17.3 Å². The molecule has 2 rings (SSSR count). The zero-order valence-corrected chi connectivity index (χ0v) is 11.3. The number of morpholine rings is 1. The van der Waals surface area contributed by atoms with Crippen LogP contribution >= 0.6 is 0 Å². The summed E-state index contributed by atoms with van der Waals surface area (Å²) < 4.78 is 5.34. The van der Waals surface area contributed by atoms with Gasteiger partial charge < -0.3 is 20.7 Å². The minimum atomic E-state index is -0.0596. The molecule has 1 saturated heterocycles. The van der Waals surface area contributed by atoms with Gasteiger partial charge in [-0.15, -0.1) is 0 Å². The van der Waals surface area contributed by atoms with Crippen molar-refractivity contribution < 1.29 is 9.53 Å². The zero-order chi connectivity index (χ0) is 13.7. The second-order valence-corrected chi connectivity index (χ2v) is 4.63. The summed E-state index contributed by atoms with van der Waals surface area (Å²) in [6, 6.07) is 5.50. The van der Waals surface area contributed by atoms with E-state index in [9.17, 15) is 4.79 Å². The molecule has 0 bridgehead atoms. The van der Waals surface area contributed by atoms with Crippen LogP contribution in [0.1, 0.15) is 23.7 Å². The highest BCUT2D eigenvalue weighted by Crippen LogP contribution is 2.24. The minimum Gasteiger partial charge on any atom is -0.399 e. The molecular weight excluding hydrogens is 242 g/mol. The van der Waals surface area contributed by atoms with E-state index in [1.54, 1.807) is 6.07 Å². The molecule has 0 atom stereocenters. The molecule has 104 valence electrons. The Bertz CT molecular complexity index is 442. The molecular formula is C14H21N3O2. The summed E-state index contributed by atoms with van der Waals surface area (Å²) in [5.74, 6) is -0.0596. The number of hydrogen-bond acceptors (Lipinski definition) is 4. The quantitative estimate of drug-likeness (QED) is 0.802. The number of hydrogen-bond donors (Lipinski definition) is 2. The van der Waals surface area contributed by atoms with E-state index in [0.29, 0.717) is 31.0 Å². The second-order valence-electron chi connectivity index (χ2n) is 4.63. The van der Waals surface area contributed by atoms with Gasteiger partial charge in [0.1, 0.15) is 0 Å². The van der Waals surface area contributed by atoms with Gasteiger partial charge in [0, 0.05) is 31.0 Å². The van der Waals surface area contributed by atoms with E-state index < -0.39 is 0 Å². The number of rotatable bonds is 4. The molecule has 1 fully saturated rings. The molecule has 0 saturated carbocycles. The zero-order valence-electron chi connectivity index (χ0n) is 11.3. The van der Waals surface area contributed by atoms with Gasteiger partial charge >= 0.3 is 0 Å². The fourth-order valence-corrected chi connectivity index (χ4v) is 2.15. The molecule has 5 heteroatoms. The molecule has 1 aromatic rings. The lowest BCUT2D eigenvalue weighted by molar-refractivity contribution is 0.0952. The van der Waals surface area contributed by atoms with Gasteiger partial charge in [0.2, 0.25) is 0 Å². The number of nitrogens with one attached hydrogen (secondary N) is 1. The van der Waals surface area contributed by atoms with Crippen molar-refractivity contribution in [1.29, 1.82) is 0 Å². The van der Waals surface area contributed by atoms with Crippen LogP contribution in [0.3, 0.4) is 0 Å². The number of anilines is 2. The van der Waals surface area contributed by atoms with E-state index in [1.807, 2.05) is 19.1 Å². The van der Waals surface area contributed by atoms with E-state index in [-0.39, 0.29) is 5.91 Å². The number of nitrogens with zero attached hydrogens (tertiary/aromatic N) is 1. The highest BCUT2D eigenvalue weighted by molar-refractivity contribution is 6.00. The second kappa shape index (κ2) is 6.43. The van der Waals surface area contributed by atoms with Gasteiger partial charge in [-0.05, 0) is 24.6 Å². The fraction of sp³-hybridized carbons (Fsp3) is 0.500. The molecule has 0 aliphatic carbocycles. The van der Waals surface area contributed by atoms with Crippen LogP contribution in [0.25, 0.3) is 0 Å². The molecule has 3 N–H and O–H groups in total. The normalized spacial score (nSPS) is 15.3. The Hall–Kier alpha value is -1.75. The maximum absolute atomic E-state index is 12.2. The molecule has 1 aliphatic rings. The average molecular weight is 263 g/mol. The van der Waals surface area contributed by atoms with Gasteiger partial charge in [0.25, 0.3) is 5.91 Å². The first-order valence-corrected chi connectivity index (χ1v) is 6.72. The van der Waals surface area contributed by atoms with Crippen LogP contribution in [-0.2, 0) is 4.74 Å². The molecule has 1 aromatic carbocycles. The van der Waals surface area contributed by atoms with E-state index >= 15 is 0 Å². The minimum absolute atomic E-state index is 0.0596. The Balaban J connectivity index is 2.23. The number of nitrogens with two attached hydrogens (primary N) is 1. The summed E-state index contributed by atoms with van der Waals surface area (Å²) >= 11 is 0. The monoisotopic (exact) mass is 263 g/mol. The Morgan fingerprint density at radius 2 is 2.16 bits per heavy atom. The van der Waals surface area contributed by atoms with E-state index in [4.69, 9.17) is 10.5 Å². The SMILES string of the molecule is CCCNC(=O)c1cc(N)ccc1N1CCOCC1. The summed E-state index contributed by atoms with van der Waals surface area (Å²) in [4.78, 5) is 14.4. The third-order valence-electron chi connectivity index (χ3n) is 3.15. The number of carbonyl (C=O) groups is 1. The Morgan fingerprint density at radius 1 is 1.42 bits per heavy atom. The largest absolute Gasteiger partial charge is 0.399 e. The molecule has 1 amide bonds. The lowest BCUT2D eigenvalue weighted by Crippen LogP contribution is -2.38. The summed E-state index contributed by atoms with van der Waals surface area (Å²) in [6.07, 6.45) is 0.918. The van der Waals surface area contributed by atoms with Gasteiger partial charge in [-0.1, -0.05) is 6.92 Å². The van der Waals surface area contributed by atoms with Crippen molar-refractivity contribution in [3.63, 3.8) is 0 Å². The molecule has 0 spiro atoms. The fourth-order valence-electron chi connectivity index (χ4n) is 2.15. The molecule has 5 nitrogen and oxygen atoms in total. The molecule has 19 heavy (non-hydrogen) atoms. The highest BCUT2D eigenvalue weighted by atomic mass is 16.5. The lowest BCUT2D eigenvalue weighted by atomic mass is 10.1. The summed E-state index contributed by atoms with van der Waals surface area (Å²) in [5.41, 5.74) is 7.99. The standard InChI is InChI=1S/C14H21N3O2/c1-2-5-16-14(18)12-10-11(15)3-4-13(12)17-6-8-19-9-7-17/h3-4,10H,2,5-9,15H2,1H3,(H,16,18). The number of carbonyl (C=O) groups excluding carboxylic acids is 1. The molecule has 1 aliphatic heterocycles. The topological polar surface area (TPSA) is 67.6 Å². The van der Waals surface area contributed by atoms with Gasteiger partial charge in [0.15, 0.2) is 0 Å². The Morgan fingerprint density at radius 3 is 2.84 bits per heavy atom. The first kappa shape index (κ1) is 13.7. The number of nitrogen functional groups attached to an aromatic ring is 1. The van der Waals surface area contributed by atoms with E-state index in [2.05, 4.69) is 10.2 Å². The predicted molar refractivity (Wildman–Crippen MR) is 76.5 cm³/mol. The van der Waals surface area contributed by atoms with Crippen LogP contribution in [0.15, 0.2) is 18.2 Å². The van der Waals surface area contributed by atoms with Crippen LogP contribution in [0.4, 0.5) is 11.4 Å². The van der Waals surface area contributed by atoms with Crippen molar-refractivity contribution in [1.82, 2.24) is 5.32 Å². The summed E-state index contributed by atoms with van der Waals surface area (Å²) in [6.45, 7) is 5.70. The molecule has 0 radical (unpaired) electrons. The average Bonchev–Trinajstić information content (AvgIpc) is 2.45. The maximum atomic E-state index is 12.2. The Labute approximate surface area is 113 Å². The summed E-state index contributed by atoms with van der Waals surface area (Å²) in [5, 5.41) is 2.90. The number of benzene rings is 1. The first-order chi connectivity index (χ1) is 9.22. The van der Waals surface area contributed by atoms with Gasteiger partial charge in [-0.2, -0.15) is 0 Å². The van der Waals surface area contributed by atoms with Crippen molar-refractivity contribution in [3.05, 3.63) is 23.8 Å². The van der Waals surface area contributed by atoms with Crippen LogP contribution in [-0.4, -0.2) is 38.8 Å². The summed E-state index contributed by atoms with van der Waals surface area (Å²) in [7, 11) is 0. The van der Waals surface area contributed by atoms with Crippen LogP contribution in [0, 0.1) is 0 Å². The van der Waals surface area contributed by atoms with Crippen LogP contribution in [0.5, 0.6) is 0 Å². The van der Waals surface area contributed by atoms with Crippen molar-refractivity contribution in [2.75, 3.05) is 43.5 Å². The molecule has 0 aromatic heterocycles. The van der Waals surface area contributed by atoms with Crippen molar-refractivity contribution in [3.8, 4) is 0 Å². The van der Waals surface area contributed by atoms with E-state index in [0.717, 1.165) is 25.2 Å². The third-order valence-corrected chi connectivity index (χ3v) is 3.15. The van der Waals surface area contributed by atoms with Gasteiger partial charge in [0.05, 0.1) is 18.8 Å². The molecule has 1 heterocycles. The first-order valence-electron chi connectivity index (χ1n) is 6.72. The Kier molecular flexibility index (Phi) is 4.63. The number of ether oxygens (including phenoxy) is 1. The van der Waals surface area contributed by atoms with Gasteiger partial charge in [-0.25, -0.2) is 0 Å². The predicted octanol–water partition coefficient (Wildman–Crippen LogP) is 1.25. The number of amides is 1. The van der Waals surface area contributed by atoms with Crippen LogP contribution in [0.2, 0.25) is 0 Å². The van der Waals surface area contributed by atoms with Crippen LogP contribution < -0.4 is 16.0 Å². The smallest absolute Gasteiger partial charge is 0.253 e.